The third kappa shape index (κ3) is 4.99. The van der Waals surface area contributed by atoms with E-state index in [9.17, 15) is 4.79 Å². The van der Waals surface area contributed by atoms with Crippen molar-refractivity contribution in [2.75, 3.05) is 26.5 Å². The van der Waals surface area contributed by atoms with Crippen LogP contribution in [0.2, 0.25) is 0 Å². The van der Waals surface area contributed by atoms with Gasteiger partial charge in [-0.3, -0.25) is 9.89 Å². The van der Waals surface area contributed by atoms with Gasteiger partial charge in [0, 0.05) is 19.2 Å². The lowest BCUT2D eigenvalue weighted by molar-refractivity contribution is -0.127. The van der Waals surface area contributed by atoms with Gasteiger partial charge in [0.1, 0.15) is 5.75 Å². The summed E-state index contributed by atoms with van der Waals surface area (Å²) >= 11 is 1.34. The molecule has 0 aliphatic heterocycles. The molecule has 1 heterocycles. The zero-order valence-corrected chi connectivity index (χ0v) is 14.5. The number of aromatic nitrogens is 3. The molecular formula is C16H22N4O2S. The first-order valence-electron chi connectivity index (χ1n) is 7.57. The number of H-pyrrole nitrogens is 1. The van der Waals surface area contributed by atoms with Gasteiger partial charge in [0.25, 0.3) is 0 Å². The highest BCUT2D eigenvalue weighted by Crippen LogP contribution is 2.21. The Balaban J connectivity index is 1.90. The van der Waals surface area contributed by atoms with Crippen molar-refractivity contribution >= 4 is 17.7 Å². The average Bonchev–Trinajstić information content (AvgIpc) is 3.06. The van der Waals surface area contributed by atoms with E-state index in [1.54, 1.807) is 12.0 Å². The smallest absolute Gasteiger partial charge is 0.232 e. The van der Waals surface area contributed by atoms with E-state index in [0.717, 1.165) is 30.7 Å². The van der Waals surface area contributed by atoms with E-state index in [4.69, 9.17) is 4.74 Å². The molecule has 0 saturated carbocycles. The van der Waals surface area contributed by atoms with Crippen LogP contribution in [-0.2, 0) is 4.79 Å². The number of ether oxygens (including phenoxy) is 1. The fourth-order valence-corrected chi connectivity index (χ4v) is 2.68. The van der Waals surface area contributed by atoms with Crippen LogP contribution >= 0.6 is 11.8 Å². The van der Waals surface area contributed by atoms with Crippen LogP contribution in [0.1, 0.15) is 19.8 Å². The first-order chi connectivity index (χ1) is 11.1. The zero-order chi connectivity index (χ0) is 16.7. The predicted molar refractivity (Wildman–Crippen MR) is 91.6 cm³/mol. The first-order valence-corrected chi connectivity index (χ1v) is 8.56. The van der Waals surface area contributed by atoms with Gasteiger partial charge in [-0.2, -0.15) is 0 Å². The fourth-order valence-electron chi connectivity index (χ4n) is 1.95. The minimum Gasteiger partial charge on any atom is -0.497 e. The van der Waals surface area contributed by atoms with Crippen LogP contribution in [0.4, 0.5) is 0 Å². The summed E-state index contributed by atoms with van der Waals surface area (Å²) in [4.78, 5) is 18.2. The number of carbonyl (C=O) groups excluding carboxylic acids is 1. The molecule has 0 aliphatic carbocycles. The van der Waals surface area contributed by atoms with Crippen molar-refractivity contribution < 1.29 is 9.53 Å². The maximum atomic E-state index is 12.0. The van der Waals surface area contributed by atoms with Crippen molar-refractivity contribution in [1.82, 2.24) is 20.1 Å². The second kappa shape index (κ2) is 8.57. The summed E-state index contributed by atoms with van der Waals surface area (Å²) < 4.78 is 5.13. The van der Waals surface area contributed by atoms with Gasteiger partial charge in [0.2, 0.25) is 11.1 Å². The molecule has 124 valence electrons. The molecule has 0 fully saturated rings. The predicted octanol–water partition coefficient (Wildman–Crippen LogP) is 2.83. The molecule has 0 spiro atoms. The molecule has 1 aromatic heterocycles. The highest BCUT2D eigenvalue weighted by Gasteiger charge is 2.12. The molecule has 0 aliphatic rings. The second-order valence-electron chi connectivity index (χ2n) is 5.15. The number of amides is 1. The fraction of sp³-hybridized carbons (Fsp3) is 0.438. The maximum Gasteiger partial charge on any atom is 0.232 e. The van der Waals surface area contributed by atoms with Gasteiger partial charge in [-0.15, -0.1) is 5.10 Å². The molecule has 1 aromatic carbocycles. The SMILES string of the molecule is CCCCN(C)C(=O)CSc1n[nH]c(-c2ccc(OC)cc2)n1. The van der Waals surface area contributed by atoms with Crippen LogP contribution in [-0.4, -0.2) is 52.4 Å². The Labute approximate surface area is 140 Å². The molecule has 1 N–H and O–H groups in total. The lowest BCUT2D eigenvalue weighted by Gasteiger charge is -2.15. The minimum absolute atomic E-state index is 0.0965. The molecule has 6 nitrogen and oxygen atoms in total. The van der Waals surface area contributed by atoms with Crippen molar-refractivity contribution in [3.8, 4) is 17.1 Å². The zero-order valence-electron chi connectivity index (χ0n) is 13.7. The summed E-state index contributed by atoms with van der Waals surface area (Å²) in [5.41, 5.74) is 0.927. The van der Waals surface area contributed by atoms with Crippen LogP contribution in [0.3, 0.4) is 0 Å². The Morgan fingerprint density at radius 3 is 2.74 bits per heavy atom. The van der Waals surface area contributed by atoms with E-state index < -0.39 is 0 Å². The number of hydrogen-bond acceptors (Lipinski definition) is 5. The number of rotatable bonds is 8. The highest BCUT2D eigenvalue weighted by molar-refractivity contribution is 7.99. The van der Waals surface area contributed by atoms with Gasteiger partial charge in [-0.1, -0.05) is 25.1 Å². The largest absolute Gasteiger partial charge is 0.497 e. The molecule has 0 radical (unpaired) electrons. The van der Waals surface area contributed by atoms with E-state index >= 15 is 0 Å². The molecule has 0 unspecified atom stereocenters. The number of nitrogens with one attached hydrogen (secondary N) is 1. The Morgan fingerprint density at radius 1 is 1.35 bits per heavy atom. The highest BCUT2D eigenvalue weighted by atomic mass is 32.2. The average molecular weight is 334 g/mol. The first kappa shape index (κ1) is 17.3. The van der Waals surface area contributed by atoms with Gasteiger partial charge < -0.3 is 9.64 Å². The monoisotopic (exact) mass is 334 g/mol. The molecule has 0 atom stereocenters. The molecular weight excluding hydrogens is 312 g/mol. The summed E-state index contributed by atoms with van der Waals surface area (Å²) in [7, 11) is 3.46. The molecule has 23 heavy (non-hydrogen) atoms. The Bertz CT molecular complexity index is 627. The summed E-state index contributed by atoms with van der Waals surface area (Å²) in [5, 5.41) is 7.63. The normalized spacial score (nSPS) is 10.6. The molecule has 0 saturated heterocycles. The Hall–Kier alpha value is -2.02. The number of thioether (sulfide) groups is 1. The lowest BCUT2D eigenvalue weighted by Crippen LogP contribution is -2.29. The number of benzene rings is 1. The second-order valence-corrected chi connectivity index (χ2v) is 6.10. The number of hydrogen-bond donors (Lipinski definition) is 1. The van der Waals surface area contributed by atoms with Crippen LogP contribution in [0.5, 0.6) is 5.75 Å². The van der Waals surface area contributed by atoms with Crippen molar-refractivity contribution in [2.45, 2.75) is 24.9 Å². The number of nitrogens with zero attached hydrogens (tertiary/aromatic N) is 3. The third-order valence-electron chi connectivity index (χ3n) is 3.43. The van der Waals surface area contributed by atoms with Gasteiger partial charge in [-0.05, 0) is 30.7 Å². The third-order valence-corrected chi connectivity index (χ3v) is 4.26. The Morgan fingerprint density at radius 2 is 2.09 bits per heavy atom. The maximum absolute atomic E-state index is 12.0. The van der Waals surface area contributed by atoms with Gasteiger partial charge in [-0.25, -0.2) is 4.98 Å². The summed E-state index contributed by atoms with van der Waals surface area (Å²) in [6.07, 6.45) is 2.10. The van der Waals surface area contributed by atoms with E-state index in [1.165, 1.54) is 11.8 Å². The summed E-state index contributed by atoms with van der Waals surface area (Å²) in [6, 6.07) is 7.57. The summed E-state index contributed by atoms with van der Waals surface area (Å²) in [6.45, 7) is 2.91. The number of carbonyl (C=O) groups is 1. The van der Waals surface area contributed by atoms with E-state index in [-0.39, 0.29) is 5.91 Å². The van der Waals surface area contributed by atoms with Crippen LogP contribution < -0.4 is 4.74 Å². The Kier molecular flexibility index (Phi) is 6.46. The van der Waals surface area contributed by atoms with Crippen molar-refractivity contribution in [1.29, 1.82) is 0 Å². The van der Waals surface area contributed by atoms with Crippen molar-refractivity contribution in [3.63, 3.8) is 0 Å². The van der Waals surface area contributed by atoms with E-state index in [0.29, 0.717) is 16.7 Å². The summed E-state index contributed by atoms with van der Waals surface area (Å²) in [5.74, 6) is 1.92. The molecule has 1 amide bonds. The van der Waals surface area contributed by atoms with Gasteiger partial charge in [0.05, 0.1) is 12.9 Å². The van der Waals surface area contributed by atoms with Crippen molar-refractivity contribution in [3.05, 3.63) is 24.3 Å². The molecule has 2 rings (SSSR count). The quantitative estimate of drug-likeness (QED) is 0.752. The van der Waals surface area contributed by atoms with Crippen LogP contribution in [0.25, 0.3) is 11.4 Å². The number of methoxy groups -OCH3 is 1. The van der Waals surface area contributed by atoms with Gasteiger partial charge >= 0.3 is 0 Å². The van der Waals surface area contributed by atoms with Gasteiger partial charge in [0.15, 0.2) is 5.82 Å². The van der Waals surface area contributed by atoms with Crippen molar-refractivity contribution in [2.24, 2.45) is 0 Å². The molecule has 0 bridgehead atoms. The number of unbranched alkanes of at least 4 members (excludes halogenated alkanes) is 1. The van der Waals surface area contributed by atoms with E-state index in [1.807, 2.05) is 31.3 Å². The lowest BCUT2D eigenvalue weighted by atomic mass is 10.2. The topological polar surface area (TPSA) is 71.1 Å². The number of aromatic amines is 1. The molecule has 2 aromatic rings. The minimum atomic E-state index is 0.0965. The van der Waals surface area contributed by atoms with E-state index in [2.05, 4.69) is 22.1 Å². The van der Waals surface area contributed by atoms with Crippen LogP contribution in [0.15, 0.2) is 29.4 Å². The van der Waals surface area contributed by atoms with Crippen LogP contribution in [0, 0.1) is 0 Å². The standard InChI is InChI=1S/C16H22N4O2S/c1-4-5-10-20(2)14(21)11-23-16-17-15(18-19-16)12-6-8-13(22-3)9-7-12/h6-9H,4-5,10-11H2,1-3H3,(H,17,18,19). The molecule has 7 heteroatoms.